The van der Waals surface area contributed by atoms with Gasteiger partial charge in [-0.2, -0.15) is 0 Å². The number of guanidine groups is 1. The van der Waals surface area contributed by atoms with Gasteiger partial charge in [-0.15, -0.1) is 35.3 Å². The van der Waals surface area contributed by atoms with Crippen molar-refractivity contribution in [2.75, 3.05) is 33.3 Å². The fourth-order valence-electron chi connectivity index (χ4n) is 3.19. The van der Waals surface area contributed by atoms with E-state index in [1.54, 1.807) is 11.3 Å². The molecule has 0 saturated carbocycles. The van der Waals surface area contributed by atoms with Crippen LogP contribution in [0.3, 0.4) is 0 Å². The zero-order valence-electron chi connectivity index (χ0n) is 15.6. The second-order valence-electron chi connectivity index (χ2n) is 6.53. The van der Waals surface area contributed by atoms with Crippen molar-refractivity contribution in [2.24, 2.45) is 10.9 Å². The molecule has 1 N–H and O–H groups in total. The number of thiophene rings is 1. The SMILES string of the molecule is CN=C(NCCc1ccc(Cl)s1)N1CCC(COCc2ccccc2)C1.I. The highest BCUT2D eigenvalue weighted by atomic mass is 127. The van der Waals surface area contributed by atoms with Gasteiger partial charge in [-0.3, -0.25) is 4.99 Å². The maximum atomic E-state index is 5.98. The van der Waals surface area contributed by atoms with Crippen LogP contribution in [0.25, 0.3) is 0 Å². The van der Waals surface area contributed by atoms with Crippen molar-refractivity contribution in [1.82, 2.24) is 10.2 Å². The van der Waals surface area contributed by atoms with Gasteiger partial charge in [-0.25, -0.2) is 0 Å². The molecular formula is C20H27ClIN3OS. The van der Waals surface area contributed by atoms with E-state index < -0.39 is 0 Å². The smallest absolute Gasteiger partial charge is 0.193 e. The topological polar surface area (TPSA) is 36.9 Å². The van der Waals surface area contributed by atoms with Crippen molar-refractivity contribution in [3.8, 4) is 0 Å². The van der Waals surface area contributed by atoms with Crippen LogP contribution in [0.2, 0.25) is 4.34 Å². The van der Waals surface area contributed by atoms with Crippen LogP contribution in [-0.2, 0) is 17.8 Å². The average Bonchev–Trinajstić information content (AvgIpc) is 3.29. The Kier molecular flexibility index (Phi) is 9.89. The lowest BCUT2D eigenvalue weighted by Crippen LogP contribution is -2.41. The molecule has 1 aliphatic rings. The summed E-state index contributed by atoms with van der Waals surface area (Å²) in [6, 6.07) is 14.4. The third kappa shape index (κ3) is 7.25. The van der Waals surface area contributed by atoms with Crippen molar-refractivity contribution in [2.45, 2.75) is 19.4 Å². The largest absolute Gasteiger partial charge is 0.376 e. The molecule has 1 aromatic heterocycles. The standard InChI is InChI=1S/C20H26ClN3OS.HI/c1-22-20(23-11-9-18-7-8-19(21)26-18)24-12-10-17(13-24)15-25-14-16-5-3-2-4-6-16;/h2-8,17H,9-15H2,1H3,(H,22,23);1H. The average molecular weight is 520 g/mol. The molecule has 2 heterocycles. The molecule has 2 aromatic rings. The van der Waals surface area contributed by atoms with Gasteiger partial charge in [0.05, 0.1) is 17.6 Å². The molecule has 1 aromatic carbocycles. The number of nitrogens with one attached hydrogen (secondary N) is 1. The third-order valence-corrected chi connectivity index (χ3v) is 5.84. The Hall–Kier alpha value is -0.830. The summed E-state index contributed by atoms with van der Waals surface area (Å²) in [4.78, 5) is 8.07. The molecule has 4 nitrogen and oxygen atoms in total. The van der Waals surface area contributed by atoms with Gasteiger partial charge >= 0.3 is 0 Å². The van der Waals surface area contributed by atoms with E-state index in [0.717, 1.165) is 49.4 Å². The first kappa shape index (κ1) is 22.5. The van der Waals surface area contributed by atoms with Gasteiger partial charge in [0.15, 0.2) is 5.96 Å². The van der Waals surface area contributed by atoms with Gasteiger partial charge in [-0.1, -0.05) is 41.9 Å². The van der Waals surface area contributed by atoms with Crippen LogP contribution >= 0.6 is 46.9 Å². The fraction of sp³-hybridized carbons (Fsp3) is 0.450. The molecule has 1 atom stereocenters. The normalized spacial score (nSPS) is 17.0. The fourth-order valence-corrected chi connectivity index (χ4v) is 4.28. The van der Waals surface area contributed by atoms with Crippen LogP contribution in [0.4, 0.5) is 0 Å². The van der Waals surface area contributed by atoms with Crippen molar-refractivity contribution in [3.05, 3.63) is 57.2 Å². The van der Waals surface area contributed by atoms with Crippen LogP contribution < -0.4 is 5.32 Å². The number of halogens is 2. The predicted molar refractivity (Wildman–Crippen MR) is 126 cm³/mol. The minimum atomic E-state index is 0. The number of rotatable bonds is 7. The zero-order valence-corrected chi connectivity index (χ0v) is 19.5. The monoisotopic (exact) mass is 519 g/mol. The van der Waals surface area contributed by atoms with Crippen molar-refractivity contribution in [1.29, 1.82) is 0 Å². The summed E-state index contributed by atoms with van der Waals surface area (Å²) in [5.41, 5.74) is 1.23. The van der Waals surface area contributed by atoms with E-state index in [2.05, 4.69) is 45.5 Å². The number of ether oxygens (including phenoxy) is 1. The number of aliphatic imine (C=N–C) groups is 1. The molecule has 7 heteroatoms. The highest BCUT2D eigenvalue weighted by molar-refractivity contribution is 14.0. The first-order chi connectivity index (χ1) is 12.7. The molecule has 0 bridgehead atoms. The first-order valence-electron chi connectivity index (χ1n) is 9.06. The maximum absolute atomic E-state index is 5.98. The molecule has 148 valence electrons. The minimum absolute atomic E-state index is 0. The van der Waals surface area contributed by atoms with E-state index in [-0.39, 0.29) is 24.0 Å². The number of hydrogen-bond donors (Lipinski definition) is 1. The second-order valence-corrected chi connectivity index (χ2v) is 8.33. The number of hydrogen-bond acceptors (Lipinski definition) is 3. The van der Waals surface area contributed by atoms with E-state index >= 15 is 0 Å². The Balaban J connectivity index is 0.00000261. The summed E-state index contributed by atoms with van der Waals surface area (Å²) in [6.45, 7) is 4.39. The van der Waals surface area contributed by atoms with Crippen LogP contribution in [0, 0.1) is 5.92 Å². The van der Waals surface area contributed by atoms with Crippen LogP contribution in [-0.4, -0.2) is 44.1 Å². The van der Waals surface area contributed by atoms with Crippen molar-refractivity contribution < 1.29 is 4.74 Å². The maximum Gasteiger partial charge on any atom is 0.193 e. The Morgan fingerprint density at radius 3 is 2.81 bits per heavy atom. The summed E-state index contributed by atoms with van der Waals surface area (Å²) >= 11 is 7.63. The van der Waals surface area contributed by atoms with Gasteiger partial charge < -0.3 is 15.0 Å². The molecule has 3 rings (SSSR count). The lowest BCUT2D eigenvalue weighted by molar-refractivity contribution is 0.0907. The molecule has 0 amide bonds. The van der Waals surface area contributed by atoms with E-state index in [9.17, 15) is 0 Å². The van der Waals surface area contributed by atoms with E-state index in [1.165, 1.54) is 10.4 Å². The quantitative estimate of drug-likeness (QED) is 0.328. The summed E-state index contributed by atoms with van der Waals surface area (Å²) in [6.07, 6.45) is 2.11. The van der Waals surface area contributed by atoms with Crippen molar-refractivity contribution >= 4 is 52.9 Å². The molecule has 27 heavy (non-hydrogen) atoms. The van der Waals surface area contributed by atoms with Crippen molar-refractivity contribution in [3.63, 3.8) is 0 Å². The molecule has 0 spiro atoms. The van der Waals surface area contributed by atoms with Crippen LogP contribution in [0.5, 0.6) is 0 Å². The number of nitrogens with zero attached hydrogens (tertiary/aromatic N) is 2. The molecular weight excluding hydrogens is 493 g/mol. The van der Waals surface area contributed by atoms with Gasteiger partial charge in [0.1, 0.15) is 0 Å². The van der Waals surface area contributed by atoms with E-state index in [0.29, 0.717) is 12.5 Å². The highest BCUT2D eigenvalue weighted by Crippen LogP contribution is 2.21. The lowest BCUT2D eigenvalue weighted by atomic mass is 10.1. The van der Waals surface area contributed by atoms with Gasteiger partial charge in [0.25, 0.3) is 0 Å². The molecule has 1 aliphatic heterocycles. The molecule has 1 unspecified atom stereocenters. The minimum Gasteiger partial charge on any atom is -0.376 e. The summed E-state index contributed by atoms with van der Waals surface area (Å²) in [5.74, 6) is 1.55. The Labute approximate surface area is 188 Å². The first-order valence-corrected chi connectivity index (χ1v) is 10.3. The Morgan fingerprint density at radius 1 is 1.30 bits per heavy atom. The Morgan fingerprint density at radius 2 is 2.11 bits per heavy atom. The Bertz CT molecular complexity index is 710. The highest BCUT2D eigenvalue weighted by Gasteiger charge is 2.24. The molecule has 0 aliphatic carbocycles. The van der Waals surface area contributed by atoms with E-state index in [4.69, 9.17) is 16.3 Å². The van der Waals surface area contributed by atoms with Gasteiger partial charge in [-0.05, 0) is 30.5 Å². The third-order valence-electron chi connectivity index (χ3n) is 4.55. The lowest BCUT2D eigenvalue weighted by Gasteiger charge is -2.21. The predicted octanol–water partition coefficient (Wildman–Crippen LogP) is 4.68. The summed E-state index contributed by atoms with van der Waals surface area (Å²) in [5, 5.41) is 3.47. The molecule has 0 radical (unpaired) electrons. The van der Waals surface area contributed by atoms with Gasteiger partial charge in [0.2, 0.25) is 0 Å². The number of benzene rings is 1. The van der Waals surface area contributed by atoms with Crippen LogP contribution in [0.15, 0.2) is 47.5 Å². The van der Waals surface area contributed by atoms with Gasteiger partial charge in [0, 0.05) is 37.5 Å². The zero-order chi connectivity index (χ0) is 18.2. The van der Waals surface area contributed by atoms with E-state index in [1.807, 2.05) is 19.2 Å². The van der Waals surface area contributed by atoms with Crippen LogP contribution in [0.1, 0.15) is 16.9 Å². The molecule has 1 fully saturated rings. The molecule has 1 saturated heterocycles. The second kappa shape index (κ2) is 11.9. The number of likely N-dealkylation sites (tertiary alicyclic amines) is 1. The summed E-state index contributed by atoms with van der Waals surface area (Å²) in [7, 11) is 1.85. The summed E-state index contributed by atoms with van der Waals surface area (Å²) < 4.78 is 6.76.